The molecule has 4 amide bonds. The zero-order chi connectivity index (χ0) is 23.7. The number of imide groups is 2. The van der Waals surface area contributed by atoms with Gasteiger partial charge in [0.15, 0.2) is 0 Å². The highest BCUT2D eigenvalue weighted by molar-refractivity contribution is 6.44. The van der Waals surface area contributed by atoms with E-state index in [9.17, 15) is 32.3 Å². The van der Waals surface area contributed by atoms with Gasteiger partial charge >= 0.3 is 6.18 Å². The number of carbonyl (C=O) groups excluding carboxylic acids is 4. The third-order valence-electron chi connectivity index (χ3n) is 5.43. The summed E-state index contributed by atoms with van der Waals surface area (Å²) in [4.78, 5) is 52.5. The van der Waals surface area contributed by atoms with Crippen molar-refractivity contribution in [2.75, 3.05) is 9.80 Å². The minimum absolute atomic E-state index is 0.00161. The summed E-state index contributed by atoms with van der Waals surface area (Å²) in [5, 5.41) is -0.521. The van der Waals surface area contributed by atoms with Crippen LogP contribution in [0.25, 0.3) is 0 Å². The molecule has 0 unspecified atom stereocenters. The summed E-state index contributed by atoms with van der Waals surface area (Å²) in [6.07, 6.45) is -4.93. The Morgan fingerprint density at radius 1 is 0.606 bits per heavy atom. The standard InChI is InChI=1S/C23H10ClF3N2O4/c24-18-16(28-19(30)12-5-1-2-6-13(12)20(28)31)9-11(23(25,26)27)10-17(18)29-21(32)14-7-3-4-8-15(14)22(29)33/h1-10H. The molecule has 10 heteroatoms. The fraction of sp³-hybridized carbons (Fsp3) is 0.0435. The van der Waals surface area contributed by atoms with E-state index in [0.717, 1.165) is 0 Å². The van der Waals surface area contributed by atoms with E-state index in [0.29, 0.717) is 21.9 Å². The number of benzene rings is 3. The van der Waals surface area contributed by atoms with E-state index in [2.05, 4.69) is 0 Å². The highest BCUT2D eigenvalue weighted by Gasteiger charge is 2.43. The SMILES string of the molecule is O=C1c2ccccc2C(=O)N1c1cc(C(F)(F)F)cc(N2C(=O)c3ccccc3C2=O)c1Cl. The molecule has 33 heavy (non-hydrogen) atoms. The number of halogens is 4. The van der Waals surface area contributed by atoms with Gasteiger partial charge in [-0.05, 0) is 36.4 Å². The van der Waals surface area contributed by atoms with Crippen molar-refractivity contribution < 1.29 is 32.3 Å². The second-order valence-corrected chi connectivity index (χ2v) is 7.69. The van der Waals surface area contributed by atoms with Crippen molar-refractivity contribution in [1.29, 1.82) is 0 Å². The highest BCUT2D eigenvalue weighted by atomic mass is 35.5. The maximum atomic E-state index is 13.7. The third-order valence-corrected chi connectivity index (χ3v) is 5.82. The second kappa shape index (κ2) is 7.01. The molecule has 3 aromatic carbocycles. The monoisotopic (exact) mass is 470 g/mol. The lowest BCUT2D eigenvalue weighted by molar-refractivity contribution is -0.137. The Labute approximate surface area is 188 Å². The molecular formula is C23H10ClF3N2O4. The fourth-order valence-corrected chi connectivity index (χ4v) is 4.18. The second-order valence-electron chi connectivity index (χ2n) is 7.31. The Morgan fingerprint density at radius 3 is 1.18 bits per heavy atom. The number of fused-ring (bicyclic) bond motifs is 2. The van der Waals surface area contributed by atoms with Crippen LogP contribution in [-0.2, 0) is 6.18 Å². The molecule has 0 saturated heterocycles. The number of hydrogen-bond acceptors (Lipinski definition) is 4. The molecule has 0 aromatic heterocycles. The molecule has 2 aliphatic heterocycles. The van der Waals surface area contributed by atoms with Crippen LogP contribution in [0.15, 0.2) is 60.7 Å². The summed E-state index contributed by atoms with van der Waals surface area (Å²) < 4.78 is 41.2. The maximum absolute atomic E-state index is 13.7. The van der Waals surface area contributed by atoms with Crippen LogP contribution in [0.4, 0.5) is 24.5 Å². The molecule has 164 valence electrons. The van der Waals surface area contributed by atoms with Crippen LogP contribution < -0.4 is 9.80 Å². The first kappa shape index (κ1) is 20.9. The molecule has 5 rings (SSSR count). The Kier molecular flexibility index (Phi) is 4.44. The summed E-state index contributed by atoms with van der Waals surface area (Å²) >= 11 is 6.38. The van der Waals surface area contributed by atoms with Crippen molar-refractivity contribution >= 4 is 46.6 Å². The van der Waals surface area contributed by atoms with E-state index in [1.54, 1.807) is 0 Å². The van der Waals surface area contributed by atoms with Gasteiger partial charge in [-0.3, -0.25) is 19.2 Å². The first-order valence-electron chi connectivity index (χ1n) is 9.47. The van der Waals surface area contributed by atoms with Gasteiger partial charge < -0.3 is 0 Å². The summed E-state index contributed by atoms with van der Waals surface area (Å²) in [7, 11) is 0. The molecular weight excluding hydrogens is 461 g/mol. The van der Waals surface area contributed by atoms with Crippen molar-refractivity contribution in [2.45, 2.75) is 6.18 Å². The molecule has 0 atom stereocenters. The van der Waals surface area contributed by atoms with Crippen molar-refractivity contribution in [3.8, 4) is 0 Å². The molecule has 0 radical (unpaired) electrons. The van der Waals surface area contributed by atoms with Gasteiger partial charge in [0.2, 0.25) is 0 Å². The number of anilines is 2. The van der Waals surface area contributed by atoms with Crippen LogP contribution >= 0.6 is 11.6 Å². The lowest BCUT2D eigenvalue weighted by Crippen LogP contribution is -2.33. The molecule has 0 saturated carbocycles. The summed E-state index contributed by atoms with van der Waals surface area (Å²) in [6.45, 7) is 0. The zero-order valence-electron chi connectivity index (χ0n) is 16.3. The van der Waals surface area contributed by atoms with Crippen LogP contribution in [-0.4, -0.2) is 23.6 Å². The molecule has 3 aromatic rings. The van der Waals surface area contributed by atoms with E-state index in [-0.39, 0.29) is 22.3 Å². The summed E-state index contributed by atoms with van der Waals surface area (Å²) in [6, 6.07) is 12.6. The summed E-state index contributed by atoms with van der Waals surface area (Å²) in [5.74, 6) is -3.48. The molecule has 6 nitrogen and oxygen atoms in total. The topological polar surface area (TPSA) is 74.8 Å². The van der Waals surface area contributed by atoms with E-state index in [1.807, 2.05) is 0 Å². The number of nitrogens with zero attached hydrogens (tertiary/aromatic N) is 2. The van der Waals surface area contributed by atoms with Gasteiger partial charge in [0.05, 0.1) is 44.2 Å². The van der Waals surface area contributed by atoms with E-state index >= 15 is 0 Å². The average molecular weight is 471 g/mol. The Bertz CT molecular complexity index is 1250. The minimum atomic E-state index is -4.93. The Hall–Kier alpha value is -3.98. The van der Waals surface area contributed by atoms with Crippen LogP contribution in [0.3, 0.4) is 0 Å². The number of hydrogen-bond donors (Lipinski definition) is 0. The van der Waals surface area contributed by atoms with Crippen LogP contribution in [0.1, 0.15) is 47.0 Å². The van der Waals surface area contributed by atoms with Crippen LogP contribution in [0, 0.1) is 0 Å². The van der Waals surface area contributed by atoms with Gasteiger partial charge in [0.25, 0.3) is 23.6 Å². The molecule has 2 aliphatic rings. The number of carbonyl (C=O) groups is 4. The van der Waals surface area contributed by atoms with Crippen molar-refractivity contribution in [2.24, 2.45) is 0 Å². The average Bonchev–Trinajstić information content (AvgIpc) is 3.19. The van der Waals surface area contributed by atoms with Crippen LogP contribution in [0.2, 0.25) is 5.02 Å². The number of rotatable bonds is 2. The smallest absolute Gasteiger partial charge is 0.268 e. The number of amides is 4. The van der Waals surface area contributed by atoms with E-state index in [1.165, 1.54) is 48.5 Å². The fourth-order valence-electron chi connectivity index (χ4n) is 3.90. The zero-order valence-corrected chi connectivity index (χ0v) is 17.1. The largest absolute Gasteiger partial charge is 0.416 e. The number of alkyl halides is 3. The third kappa shape index (κ3) is 2.96. The normalized spacial score (nSPS) is 15.4. The first-order chi connectivity index (χ1) is 15.6. The molecule has 0 spiro atoms. The van der Waals surface area contributed by atoms with Gasteiger partial charge in [-0.15, -0.1) is 0 Å². The molecule has 0 fully saturated rings. The Balaban J connectivity index is 1.72. The molecule has 2 heterocycles. The van der Waals surface area contributed by atoms with Crippen molar-refractivity contribution in [1.82, 2.24) is 0 Å². The molecule has 0 aliphatic carbocycles. The highest BCUT2D eigenvalue weighted by Crippen LogP contribution is 2.45. The lowest BCUT2D eigenvalue weighted by Gasteiger charge is -2.23. The van der Waals surface area contributed by atoms with Gasteiger partial charge in [-0.2, -0.15) is 13.2 Å². The quantitative estimate of drug-likeness (QED) is 0.496. The van der Waals surface area contributed by atoms with Crippen molar-refractivity contribution in [3.05, 3.63) is 93.5 Å². The maximum Gasteiger partial charge on any atom is 0.416 e. The van der Waals surface area contributed by atoms with Crippen molar-refractivity contribution in [3.63, 3.8) is 0 Å². The Morgan fingerprint density at radius 2 is 0.909 bits per heavy atom. The van der Waals surface area contributed by atoms with Gasteiger partial charge in [-0.25, -0.2) is 9.80 Å². The molecule has 0 N–H and O–H groups in total. The van der Waals surface area contributed by atoms with Gasteiger partial charge in [0, 0.05) is 0 Å². The predicted molar refractivity (Wildman–Crippen MR) is 112 cm³/mol. The summed E-state index contributed by atoms with van der Waals surface area (Å²) in [5.41, 5.74) is -2.45. The van der Waals surface area contributed by atoms with Gasteiger partial charge in [0.1, 0.15) is 0 Å². The van der Waals surface area contributed by atoms with Gasteiger partial charge in [-0.1, -0.05) is 35.9 Å². The van der Waals surface area contributed by atoms with E-state index in [4.69, 9.17) is 11.6 Å². The van der Waals surface area contributed by atoms with Crippen LogP contribution in [0.5, 0.6) is 0 Å². The first-order valence-corrected chi connectivity index (χ1v) is 9.85. The molecule has 0 bridgehead atoms. The van der Waals surface area contributed by atoms with E-state index < -0.39 is 51.8 Å². The predicted octanol–water partition coefficient (Wildman–Crippen LogP) is 4.96. The lowest BCUT2D eigenvalue weighted by atomic mass is 10.1. The minimum Gasteiger partial charge on any atom is -0.268 e.